The summed E-state index contributed by atoms with van der Waals surface area (Å²) in [6.45, 7) is 2.32. The van der Waals surface area contributed by atoms with Crippen molar-refractivity contribution < 1.29 is 9.53 Å². The average molecular weight is 393 g/mol. The van der Waals surface area contributed by atoms with E-state index in [1.807, 2.05) is 85.8 Å². The third-order valence-corrected chi connectivity index (χ3v) is 4.40. The molecule has 3 rings (SSSR count). The maximum Gasteiger partial charge on any atom is 0.244 e. The standard InChI is InChI=1S/C23H21ClN2O2/c1-17(25-26-23(27)15-18-5-3-2-4-6-18)20-9-13-22(14-10-20)28-16-19-7-11-21(24)12-8-19/h2-14H,15-16H2,1H3,(H,26,27)/b25-17+. The molecule has 0 bridgehead atoms. The van der Waals surface area contributed by atoms with E-state index in [0.717, 1.165) is 28.2 Å². The lowest BCUT2D eigenvalue weighted by Crippen LogP contribution is -2.21. The number of hydrogen-bond acceptors (Lipinski definition) is 3. The molecule has 0 spiro atoms. The zero-order chi connectivity index (χ0) is 19.8. The molecule has 0 radical (unpaired) electrons. The molecule has 0 saturated heterocycles. The molecule has 1 N–H and O–H groups in total. The number of nitrogens with one attached hydrogen (secondary N) is 1. The SMILES string of the molecule is C/C(=N\NC(=O)Cc1ccccc1)c1ccc(OCc2ccc(Cl)cc2)cc1. The number of amides is 1. The van der Waals surface area contributed by atoms with Gasteiger partial charge in [-0.05, 0) is 60.0 Å². The van der Waals surface area contributed by atoms with E-state index < -0.39 is 0 Å². The Bertz CT molecular complexity index is 937. The summed E-state index contributed by atoms with van der Waals surface area (Å²) < 4.78 is 5.78. The summed E-state index contributed by atoms with van der Waals surface area (Å²) in [5, 5.41) is 4.89. The topological polar surface area (TPSA) is 50.7 Å². The van der Waals surface area contributed by atoms with E-state index in [1.165, 1.54) is 0 Å². The molecular weight excluding hydrogens is 372 g/mol. The molecule has 0 atom stereocenters. The lowest BCUT2D eigenvalue weighted by atomic mass is 10.1. The molecule has 3 aromatic rings. The van der Waals surface area contributed by atoms with Gasteiger partial charge in [0.15, 0.2) is 0 Å². The molecule has 0 heterocycles. The highest BCUT2D eigenvalue weighted by molar-refractivity contribution is 6.30. The maximum atomic E-state index is 12.0. The summed E-state index contributed by atoms with van der Waals surface area (Å²) in [7, 11) is 0. The van der Waals surface area contributed by atoms with Gasteiger partial charge in [0.05, 0.1) is 12.1 Å². The molecule has 5 heteroatoms. The number of rotatable bonds is 7. The van der Waals surface area contributed by atoms with E-state index in [-0.39, 0.29) is 5.91 Å². The number of benzene rings is 3. The highest BCUT2D eigenvalue weighted by atomic mass is 35.5. The second kappa shape index (κ2) is 9.72. The minimum absolute atomic E-state index is 0.145. The molecule has 0 saturated carbocycles. The van der Waals surface area contributed by atoms with E-state index in [2.05, 4.69) is 10.5 Å². The first-order chi connectivity index (χ1) is 13.6. The third kappa shape index (κ3) is 5.96. The van der Waals surface area contributed by atoms with Crippen LogP contribution in [-0.4, -0.2) is 11.6 Å². The van der Waals surface area contributed by atoms with Crippen molar-refractivity contribution in [3.05, 3.63) is 101 Å². The third-order valence-electron chi connectivity index (χ3n) is 4.15. The van der Waals surface area contributed by atoms with Gasteiger partial charge in [-0.2, -0.15) is 5.10 Å². The predicted octanol–water partition coefficient (Wildman–Crippen LogP) is 5.00. The van der Waals surface area contributed by atoms with Gasteiger partial charge >= 0.3 is 0 Å². The van der Waals surface area contributed by atoms with E-state index >= 15 is 0 Å². The molecule has 0 aliphatic heterocycles. The fourth-order valence-corrected chi connectivity index (χ4v) is 2.70. The van der Waals surface area contributed by atoms with Crippen LogP contribution < -0.4 is 10.2 Å². The van der Waals surface area contributed by atoms with Crippen LogP contribution in [0, 0.1) is 0 Å². The average Bonchev–Trinajstić information content (AvgIpc) is 2.73. The molecule has 142 valence electrons. The van der Waals surface area contributed by atoms with Crippen LogP contribution in [0.2, 0.25) is 5.02 Å². The molecule has 0 fully saturated rings. The zero-order valence-electron chi connectivity index (χ0n) is 15.6. The van der Waals surface area contributed by atoms with Crippen molar-refractivity contribution in [3.8, 4) is 5.75 Å². The summed E-state index contributed by atoms with van der Waals surface area (Å²) in [6.07, 6.45) is 0.301. The second-order valence-electron chi connectivity index (χ2n) is 6.33. The van der Waals surface area contributed by atoms with Crippen LogP contribution in [0.3, 0.4) is 0 Å². The Morgan fingerprint density at radius 2 is 1.61 bits per heavy atom. The Morgan fingerprint density at radius 1 is 0.929 bits per heavy atom. The van der Waals surface area contributed by atoms with Gasteiger partial charge in [0, 0.05) is 5.02 Å². The van der Waals surface area contributed by atoms with Gasteiger partial charge in [0.2, 0.25) is 5.91 Å². The Morgan fingerprint density at radius 3 is 2.29 bits per heavy atom. The molecule has 0 aliphatic rings. The zero-order valence-corrected chi connectivity index (χ0v) is 16.3. The predicted molar refractivity (Wildman–Crippen MR) is 113 cm³/mol. The Kier molecular flexibility index (Phi) is 6.82. The fourth-order valence-electron chi connectivity index (χ4n) is 2.57. The van der Waals surface area contributed by atoms with Gasteiger partial charge in [-0.1, -0.05) is 54.1 Å². The van der Waals surface area contributed by atoms with Gasteiger partial charge < -0.3 is 4.74 Å². The number of hydrazone groups is 1. The smallest absolute Gasteiger partial charge is 0.244 e. The van der Waals surface area contributed by atoms with Crippen LogP contribution in [0.5, 0.6) is 5.75 Å². The number of halogens is 1. The summed E-state index contributed by atoms with van der Waals surface area (Å²) >= 11 is 5.88. The monoisotopic (exact) mass is 392 g/mol. The number of carbonyl (C=O) groups is 1. The second-order valence-corrected chi connectivity index (χ2v) is 6.77. The van der Waals surface area contributed by atoms with E-state index in [4.69, 9.17) is 16.3 Å². The fraction of sp³-hybridized carbons (Fsp3) is 0.130. The Hall–Kier alpha value is -3.11. The Balaban J connectivity index is 1.52. The van der Waals surface area contributed by atoms with E-state index in [0.29, 0.717) is 18.1 Å². The van der Waals surface area contributed by atoms with Crippen molar-refractivity contribution in [2.24, 2.45) is 5.10 Å². The normalized spacial score (nSPS) is 11.1. The van der Waals surface area contributed by atoms with Crippen LogP contribution in [0.25, 0.3) is 0 Å². The van der Waals surface area contributed by atoms with Crippen LogP contribution in [0.4, 0.5) is 0 Å². The molecule has 0 aromatic heterocycles. The van der Waals surface area contributed by atoms with E-state index in [1.54, 1.807) is 0 Å². The molecule has 1 amide bonds. The highest BCUT2D eigenvalue weighted by Crippen LogP contribution is 2.16. The van der Waals surface area contributed by atoms with Crippen molar-refractivity contribution in [1.82, 2.24) is 5.43 Å². The number of hydrogen-bond donors (Lipinski definition) is 1. The van der Waals surface area contributed by atoms with Crippen LogP contribution in [0.15, 0.2) is 84.0 Å². The van der Waals surface area contributed by atoms with Gasteiger partial charge in [-0.3, -0.25) is 4.79 Å². The molecule has 0 unspecified atom stereocenters. The molecule has 0 aliphatic carbocycles. The van der Waals surface area contributed by atoms with Gasteiger partial charge in [0.1, 0.15) is 12.4 Å². The summed E-state index contributed by atoms with van der Waals surface area (Å²) in [5.74, 6) is 0.619. The van der Waals surface area contributed by atoms with Crippen molar-refractivity contribution >= 4 is 23.2 Å². The minimum Gasteiger partial charge on any atom is -0.489 e. The minimum atomic E-state index is -0.145. The lowest BCUT2D eigenvalue weighted by Gasteiger charge is -2.08. The summed E-state index contributed by atoms with van der Waals surface area (Å²) in [4.78, 5) is 12.0. The number of ether oxygens (including phenoxy) is 1. The maximum absolute atomic E-state index is 12.0. The van der Waals surface area contributed by atoms with Gasteiger partial charge in [0.25, 0.3) is 0 Å². The van der Waals surface area contributed by atoms with Crippen molar-refractivity contribution in [2.75, 3.05) is 0 Å². The number of nitrogens with zero attached hydrogens (tertiary/aromatic N) is 1. The van der Waals surface area contributed by atoms with Crippen molar-refractivity contribution in [1.29, 1.82) is 0 Å². The number of carbonyl (C=O) groups excluding carboxylic acids is 1. The van der Waals surface area contributed by atoms with E-state index in [9.17, 15) is 4.79 Å². The molecule has 4 nitrogen and oxygen atoms in total. The van der Waals surface area contributed by atoms with Crippen LogP contribution in [-0.2, 0) is 17.8 Å². The van der Waals surface area contributed by atoms with Crippen molar-refractivity contribution in [3.63, 3.8) is 0 Å². The summed E-state index contributed by atoms with van der Waals surface area (Å²) in [5.41, 5.74) is 6.25. The largest absolute Gasteiger partial charge is 0.489 e. The van der Waals surface area contributed by atoms with Crippen molar-refractivity contribution in [2.45, 2.75) is 20.0 Å². The first-order valence-corrected chi connectivity index (χ1v) is 9.33. The quantitative estimate of drug-likeness (QED) is 0.454. The highest BCUT2D eigenvalue weighted by Gasteiger charge is 2.04. The first-order valence-electron chi connectivity index (χ1n) is 8.95. The Labute approximate surface area is 169 Å². The molecule has 3 aromatic carbocycles. The lowest BCUT2D eigenvalue weighted by molar-refractivity contribution is -0.120. The van der Waals surface area contributed by atoms with Gasteiger partial charge in [-0.25, -0.2) is 5.43 Å². The summed E-state index contributed by atoms with van der Waals surface area (Å²) in [6, 6.07) is 24.7. The van der Waals surface area contributed by atoms with Crippen LogP contribution >= 0.6 is 11.6 Å². The molecular formula is C23H21ClN2O2. The molecule has 28 heavy (non-hydrogen) atoms. The first kappa shape index (κ1) is 19.6. The van der Waals surface area contributed by atoms with Gasteiger partial charge in [-0.15, -0.1) is 0 Å². The van der Waals surface area contributed by atoms with Crippen LogP contribution in [0.1, 0.15) is 23.6 Å².